The van der Waals surface area contributed by atoms with Gasteiger partial charge in [-0.2, -0.15) is 0 Å². The molecule has 0 amide bonds. The van der Waals surface area contributed by atoms with E-state index in [1.165, 1.54) is 10.9 Å². The van der Waals surface area contributed by atoms with E-state index < -0.39 is 0 Å². The Morgan fingerprint density at radius 2 is 1.53 bits per heavy atom. The van der Waals surface area contributed by atoms with Crippen LogP contribution in [0.5, 0.6) is 0 Å². The number of nitrogen functional groups attached to an aromatic ring is 1. The molecule has 0 aromatic heterocycles. The van der Waals surface area contributed by atoms with Gasteiger partial charge in [-0.05, 0) is 30.5 Å². The third-order valence-corrected chi connectivity index (χ3v) is 2.18. The van der Waals surface area contributed by atoms with Gasteiger partial charge in [-0.25, -0.2) is 0 Å². The van der Waals surface area contributed by atoms with Crippen LogP contribution in [0.4, 0.5) is 5.69 Å². The van der Waals surface area contributed by atoms with E-state index in [4.69, 9.17) is 11.5 Å². The summed E-state index contributed by atoms with van der Waals surface area (Å²) in [6.07, 6.45) is 0. The third-order valence-electron chi connectivity index (χ3n) is 2.18. The minimum atomic E-state index is 0.750. The van der Waals surface area contributed by atoms with E-state index in [2.05, 4.69) is 25.1 Å². The van der Waals surface area contributed by atoms with Gasteiger partial charge in [0.05, 0.1) is 0 Å². The SMILES string of the molecule is CCN.Cc1ccc(N)c2ccccc12. The van der Waals surface area contributed by atoms with Gasteiger partial charge in [-0.3, -0.25) is 0 Å². The molecule has 0 saturated carbocycles. The summed E-state index contributed by atoms with van der Waals surface area (Å²) in [5.74, 6) is 0. The third kappa shape index (κ3) is 2.70. The van der Waals surface area contributed by atoms with E-state index in [1.54, 1.807) is 0 Å². The van der Waals surface area contributed by atoms with Gasteiger partial charge < -0.3 is 11.5 Å². The molecule has 2 heteroatoms. The minimum absolute atomic E-state index is 0.750. The average Bonchev–Trinajstić information content (AvgIpc) is 2.25. The molecule has 2 aromatic carbocycles. The Bertz CT molecular complexity index is 395. The van der Waals surface area contributed by atoms with Gasteiger partial charge in [0.1, 0.15) is 0 Å². The summed E-state index contributed by atoms with van der Waals surface area (Å²) in [7, 11) is 0. The number of anilines is 1. The molecule has 4 N–H and O–H groups in total. The van der Waals surface area contributed by atoms with Crippen molar-refractivity contribution in [2.24, 2.45) is 5.73 Å². The summed E-state index contributed by atoms with van der Waals surface area (Å²) >= 11 is 0. The number of hydrogen-bond donors (Lipinski definition) is 2. The highest BCUT2D eigenvalue weighted by Crippen LogP contribution is 2.23. The molecule has 0 aliphatic carbocycles. The monoisotopic (exact) mass is 202 g/mol. The minimum Gasteiger partial charge on any atom is -0.398 e. The molecule has 0 radical (unpaired) electrons. The molecule has 2 nitrogen and oxygen atoms in total. The second-order valence-electron chi connectivity index (χ2n) is 3.43. The standard InChI is InChI=1S/C11H11N.C2H7N/c1-8-6-7-11(12)10-5-3-2-4-9(8)10;1-2-3/h2-7H,12H2,1H3;2-3H2,1H3. The second-order valence-corrected chi connectivity index (χ2v) is 3.43. The summed E-state index contributed by atoms with van der Waals surface area (Å²) in [6.45, 7) is 4.75. The molecule has 15 heavy (non-hydrogen) atoms. The predicted octanol–water partition coefficient (Wildman–Crippen LogP) is 2.70. The second kappa shape index (κ2) is 5.37. The van der Waals surface area contributed by atoms with Gasteiger partial charge >= 0.3 is 0 Å². The molecule has 0 spiro atoms. The van der Waals surface area contributed by atoms with Crippen LogP contribution in [0.15, 0.2) is 36.4 Å². The van der Waals surface area contributed by atoms with E-state index in [9.17, 15) is 0 Å². The fourth-order valence-electron chi connectivity index (χ4n) is 1.47. The Labute approximate surface area is 90.9 Å². The first-order chi connectivity index (χ1) is 7.20. The fourth-order valence-corrected chi connectivity index (χ4v) is 1.47. The maximum atomic E-state index is 5.83. The first-order valence-electron chi connectivity index (χ1n) is 5.14. The number of nitrogens with two attached hydrogens (primary N) is 2. The molecule has 2 aromatic rings. The van der Waals surface area contributed by atoms with Crippen LogP contribution in [0.25, 0.3) is 10.8 Å². The molecule has 0 atom stereocenters. The van der Waals surface area contributed by atoms with Gasteiger partial charge in [0.15, 0.2) is 0 Å². The molecule has 0 heterocycles. The van der Waals surface area contributed by atoms with Gasteiger partial charge in [0, 0.05) is 11.1 Å². The Morgan fingerprint density at radius 1 is 1.00 bits per heavy atom. The molecular weight excluding hydrogens is 184 g/mol. The molecule has 0 fully saturated rings. The lowest BCUT2D eigenvalue weighted by Gasteiger charge is -2.03. The van der Waals surface area contributed by atoms with Gasteiger partial charge in [-0.15, -0.1) is 0 Å². The van der Waals surface area contributed by atoms with Crippen LogP contribution >= 0.6 is 0 Å². The van der Waals surface area contributed by atoms with E-state index in [-0.39, 0.29) is 0 Å². The lowest BCUT2D eigenvalue weighted by molar-refractivity contribution is 1.14. The Kier molecular flexibility index (Phi) is 4.13. The number of aryl methyl sites for hydroxylation is 1. The molecule has 0 aliphatic rings. The highest BCUT2D eigenvalue weighted by molar-refractivity contribution is 5.94. The highest BCUT2D eigenvalue weighted by Gasteiger charge is 1.97. The van der Waals surface area contributed by atoms with Gasteiger partial charge in [0.25, 0.3) is 0 Å². The van der Waals surface area contributed by atoms with Crippen LogP contribution in [0.2, 0.25) is 0 Å². The summed E-state index contributed by atoms with van der Waals surface area (Å²) in [5.41, 5.74) is 12.8. The van der Waals surface area contributed by atoms with Crippen LogP contribution in [0.3, 0.4) is 0 Å². The first kappa shape index (κ1) is 11.5. The molecule has 0 aliphatic heterocycles. The predicted molar refractivity (Wildman–Crippen MR) is 67.8 cm³/mol. The topological polar surface area (TPSA) is 52.0 Å². The van der Waals surface area contributed by atoms with Gasteiger partial charge in [-0.1, -0.05) is 37.3 Å². The summed E-state index contributed by atoms with van der Waals surface area (Å²) in [5, 5.41) is 2.40. The normalized spacial score (nSPS) is 9.53. The van der Waals surface area contributed by atoms with Crippen LogP contribution < -0.4 is 11.5 Å². The van der Waals surface area contributed by atoms with Crippen LogP contribution in [-0.4, -0.2) is 6.54 Å². The smallest absolute Gasteiger partial charge is 0.0393 e. The zero-order chi connectivity index (χ0) is 11.3. The maximum absolute atomic E-state index is 5.83. The zero-order valence-corrected chi connectivity index (χ0v) is 9.33. The van der Waals surface area contributed by atoms with Crippen LogP contribution in [-0.2, 0) is 0 Å². The Hall–Kier alpha value is -1.54. The Morgan fingerprint density at radius 3 is 2.07 bits per heavy atom. The van der Waals surface area contributed by atoms with Crippen LogP contribution in [0, 0.1) is 6.92 Å². The van der Waals surface area contributed by atoms with Crippen molar-refractivity contribution in [3.63, 3.8) is 0 Å². The van der Waals surface area contributed by atoms with Crippen molar-refractivity contribution in [2.75, 3.05) is 12.3 Å². The summed E-state index contributed by atoms with van der Waals surface area (Å²) in [6, 6.07) is 12.2. The lowest BCUT2D eigenvalue weighted by atomic mass is 10.0. The van der Waals surface area contributed by atoms with E-state index in [0.717, 1.165) is 17.6 Å². The van der Waals surface area contributed by atoms with E-state index in [1.807, 2.05) is 25.1 Å². The first-order valence-corrected chi connectivity index (χ1v) is 5.14. The molecule has 2 rings (SSSR count). The van der Waals surface area contributed by atoms with Crippen molar-refractivity contribution < 1.29 is 0 Å². The zero-order valence-electron chi connectivity index (χ0n) is 9.33. The molecule has 80 valence electrons. The van der Waals surface area contributed by atoms with Crippen molar-refractivity contribution in [1.82, 2.24) is 0 Å². The quantitative estimate of drug-likeness (QED) is 0.645. The molecular formula is C13H18N2. The lowest BCUT2D eigenvalue weighted by Crippen LogP contribution is -1.87. The molecule has 0 saturated heterocycles. The van der Waals surface area contributed by atoms with Crippen molar-refractivity contribution in [2.45, 2.75) is 13.8 Å². The average molecular weight is 202 g/mol. The molecule has 0 unspecified atom stereocenters. The summed E-state index contributed by atoms with van der Waals surface area (Å²) < 4.78 is 0. The van der Waals surface area contributed by atoms with Gasteiger partial charge in [0.2, 0.25) is 0 Å². The molecule has 0 bridgehead atoms. The van der Waals surface area contributed by atoms with Crippen molar-refractivity contribution >= 4 is 16.5 Å². The number of benzene rings is 2. The number of fused-ring (bicyclic) bond motifs is 1. The number of hydrogen-bond acceptors (Lipinski definition) is 2. The van der Waals surface area contributed by atoms with Crippen molar-refractivity contribution in [3.05, 3.63) is 42.0 Å². The van der Waals surface area contributed by atoms with Crippen molar-refractivity contribution in [3.8, 4) is 0 Å². The largest absolute Gasteiger partial charge is 0.398 e. The van der Waals surface area contributed by atoms with Crippen LogP contribution in [0.1, 0.15) is 12.5 Å². The fraction of sp³-hybridized carbons (Fsp3) is 0.231. The highest BCUT2D eigenvalue weighted by atomic mass is 14.5. The maximum Gasteiger partial charge on any atom is 0.0393 e. The van der Waals surface area contributed by atoms with E-state index in [0.29, 0.717) is 0 Å². The Balaban J connectivity index is 0.000000337. The van der Waals surface area contributed by atoms with E-state index >= 15 is 0 Å². The number of rotatable bonds is 0. The van der Waals surface area contributed by atoms with Crippen molar-refractivity contribution in [1.29, 1.82) is 0 Å². The summed E-state index contributed by atoms with van der Waals surface area (Å²) in [4.78, 5) is 0.